The topological polar surface area (TPSA) is 48.7 Å². The maximum atomic E-state index is 13.3. The number of alkyl halides is 2. The zero-order chi connectivity index (χ0) is 16.3. The Bertz CT molecular complexity index is 714. The summed E-state index contributed by atoms with van der Waals surface area (Å²) in [7, 11) is -0.783. The number of fused-ring (bicyclic) bond motifs is 1. The van der Waals surface area contributed by atoms with Gasteiger partial charge in [-0.05, 0) is 40.7 Å². The number of nitrogens with zero attached hydrogens (tertiary/aromatic N) is 3. The molecular weight excluding hydrogens is 291 g/mol. The molecule has 1 fully saturated rings. The third-order valence-corrected chi connectivity index (χ3v) is 4.32. The zero-order valence-corrected chi connectivity index (χ0v) is 13.2. The number of hydrogen-bond acceptors (Lipinski definition) is 4. The van der Waals surface area contributed by atoms with E-state index in [-0.39, 0.29) is 11.2 Å². The molecule has 22 heavy (non-hydrogen) atoms. The lowest BCUT2D eigenvalue weighted by Crippen LogP contribution is -2.41. The molecule has 3 rings (SSSR count). The molecule has 0 N–H and O–H groups in total. The van der Waals surface area contributed by atoms with Crippen molar-refractivity contribution in [2.75, 3.05) is 0 Å². The fourth-order valence-corrected chi connectivity index (χ4v) is 2.38. The maximum Gasteiger partial charge on any atom is 0.516 e. The largest absolute Gasteiger partial charge is 0.516 e. The molecule has 2 aromatic heterocycles. The van der Waals surface area contributed by atoms with Gasteiger partial charge in [-0.2, -0.15) is 5.10 Å². The first kappa shape index (κ1) is 15.4. The van der Waals surface area contributed by atoms with E-state index in [4.69, 9.17) is 9.31 Å². The minimum absolute atomic E-state index is 0.160. The minimum atomic E-state index is -2.64. The molecule has 8 heteroatoms. The van der Waals surface area contributed by atoms with Crippen molar-refractivity contribution >= 4 is 18.4 Å². The highest BCUT2D eigenvalue weighted by atomic mass is 19.3. The average molecular weight is 309 g/mol. The highest BCUT2D eigenvalue weighted by Gasteiger charge is 2.52. The van der Waals surface area contributed by atoms with Gasteiger partial charge < -0.3 is 9.31 Å². The molecule has 0 saturated carbocycles. The summed E-state index contributed by atoms with van der Waals surface area (Å²) < 4.78 is 39.7. The number of rotatable bonds is 2. The molecule has 0 radical (unpaired) electrons. The number of aryl methyl sites for hydroxylation is 1. The van der Waals surface area contributed by atoms with Crippen molar-refractivity contribution in [2.45, 2.75) is 52.2 Å². The van der Waals surface area contributed by atoms with Crippen LogP contribution in [0.5, 0.6) is 0 Å². The lowest BCUT2D eigenvalue weighted by atomic mass is 9.84. The highest BCUT2D eigenvalue weighted by Crippen LogP contribution is 2.36. The molecule has 0 spiro atoms. The van der Waals surface area contributed by atoms with Crippen LogP contribution in [-0.2, 0) is 9.31 Å². The van der Waals surface area contributed by atoms with Gasteiger partial charge in [0.15, 0.2) is 5.65 Å². The van der Waals surface area contributed by atoms with Crippen molar-refractivity contribution in [3.05, 3.63) is 23.5 Å². The van der Waals surface area contributed by atoms with Crippen molar-refractivity contribution < 1.29 is 18.1 Å². The molecule has 0 atom stereocenters. The minimum Gasteiger partial charge on any atom is -0.398 e. The van der Waals surface area contributed by atoms with Crippen LogP contribution in [-0.4, -0.2) is 32.9 Å². The smallest absolute Gasteiger partial charge is 0.398 e. The molecule has 0 aliphatic carbocycles. The molecule has 2 aromatic rings. The summed E-state index contributed by atoms with van der Waals surface area (Å²) in [5.74, 6) is 0. The van der Waals surface area contributed by atoms with Crippen molar-refractivity contribution in [3.8, 4) is 0 Å². The van der Waals surface area contributed by atoms with Crippen molar-refractivity contribution in [2.24, 2.45) is 0 Å². The Hall–Kier alpha value is -1.54. The molecule has 1 aliphatic rings. The third-order valence-electron chi connectivity index (χ3n) is 4.32. The van der Waals surface area contributed by atoms with Crippen LogP contribution in [0.25, 0.3) is 5.65 Å². The first-order chi connectivity index (χ1) is 10.1. The predicted octanol–water partition coefficient (Wildman–Crippen LogP) is 2.27. The summed E-state index contributed by atoms with van der Waals surface area (Å²) in [6.45, 7) is 9.35. The quantitative estimate of drug-likeness (QED) is 0.799. The van der Waals surface area contributed by atoms with E-state index in [2.05, 4.69) is 10.1 Å². The van der Waals surface area contributed by atoms with E-state index < -0.39 is 24.7 Å². The van der Waals surface area contributed by atoms with E-state index in [0.717, 1.165) is 0 Å². The predicted molar refractivity (Wildman–Crippen MR) is 78.4 cm³/mol. The molecule has 3 heterocycles. The standard InChI is InChI=1S/C14H18BF2N3O2/c1-8-7-20-12(18-8)9(11(16)17)6-10(19-20)15-21-13(2,3)14(4,5)22-15/h6-7,11H,1-5H3. The monoisotopic (exact) mass is 309 g/mol. The Morgan fingerprint density at radius 1 is 1.18 bits per heavy atom. The first-order valence-corrected chi connectivity index (χ1v) is 7.11. The SMILES string of the molecule is Cc1cn2nc(B3OC(C)(C)C(C)(C)O3)cc(C(F)F)c2n1. The van der Waals surface area contributed by atoms with Crippen LogP contribution in [0.4, 0.5) is 8.78 Å². The van der Waals surface area contributed by atoms with Gasteiger partial charge in [-0.3, -0.25) is 0 Å². The zero-order valence-electron chi connectivity index (χ0n) is 13.2. The van der Waals surface area contributed by atoms with E-state index in [9.17, 15) is 8.78 Å². The second-order valence-corrected chi connectivity index (χ2v) is 6.56. The highest BCUT2D eigenvalue weighted by molar-refractivity contribution is 6.61. The fourth-order valence-electron chi connectivity index (χ4n) is 2.38. The molecule has 5 nitrogen and oxygen atoms in total. The van der Waals surface area contributed by atoms with Crippen LogP contribution in [0.3, 0.4) is 0 Å². The molecule has 0 bridgehead atoms. The van der Waals surface area contributed by atoms with Crippen molar-refractivity contribution in [3.63, 3.8) is 0 Å². The molecule has 0 unspecified atom stereocenters. The molecule has 118 valence electrons. The van der Waals surface area contributed by atoms with Crippen LogP contribution < -0.4 is 5.59 Å². The molecular formula is C14H18BF2N3O2. The van der Waals surface area contributed by atoms with Gasteiger partial charge in [-0.25, -0.2) is 18.3 Å². The number of halogens is 2. The fraction of sp³-hybridized carbons (Fsp3) is 0.571. The van der Waals surface area contributed by atoms with Gasteiger partial charge in [-0.15, -0.1) is 0 Å². The maximum absolute atomic E-state index is 13.3. The van der Waals surface area contributed by atoms with Crippen LogP contribution in [0.15, 0.2) is 12.3 Å². The van der Waals surface area contributed by atoms with E-state index in [1.807, 2.05) is 27.7 Å². The molecule has 1 aliphatic heterocycles. The van der Waals surface area contributed by atoms with Crippen molar-refractivity contribution in [1.29, 1.82) is 0 Å². The van der Waals surface area contributed by atoms with Crippen LogP contribution in [0.1, 0.15) is 45.4 Å². The Labute approximate surface area is 127 Å². The van der Waals surface area contributed by atoms with Gasteiger partial charge in [-0.1, -0.05) is 0 Å². The van der Waals surface area contributed by atoms with E-state index in [0.29, 0.717) is 11.3 Å². The summed E-state index contributed by atoms with van der Waals surface area (Å²) in [6, 6.07) is 1.31. The summed E-state index contributed by atoms with van der Waals surface area (Å²) in [4.78, 5) is 4.10. The molecule has 1 saturated heterocycles. The Morgan fingerprint density at radius 2 is 1.77 bits per heavy atom. The van der Waals surface area contributed by atoms with Crippen molar-refractivity contribution in [1.82, 2.24) is 14.6 Å². The molecule has 0 amide bonds. The van der Waals surface area contributed by atoms with E-state index in [1.165, 1.54) is 10.6 Å². The second-order valence-electron chi connectivity index (χ2n) is 6.56. The normalized spacial score (nSPS) is 20.3. The van der Waals surface area contributed by atoms with E-state index >= 15 is 0 Å². The Kier molecular flexibility index (Phi) is 3.30. The number of aromatic nitrogens is 3. The van der Waals surface area contributed by atoms with Gasteiger partial charge in [0.25, 0.3) is 6.43 Å². The lowest BCUT2D eigenvalue weighted by molar-refractivity contribution is 0.00578. The van der Waals surface area contributed by atoms with E-state index in [1.54, 1.807) is 13.1 Å². The van der Waals surface area contributed by atoms with Gasteiger partial charge in [0, 0.05) is 0 Å². The van der Waals surface area contributed by atoms with Crippen LogP contribution >= 0.6 is 0 Å². The lowest BCUT2D eigenvalue weighted by Gasteiger charge is -2.32. The third kappa shape index (κ3) is 2.30. The average Bonchev–Trinajstić information content (AvgIpc) is 2.84. The number of hydrogen-bond donors (Lipinski definition) is 0. The second kappa shape index (κ2) is 4.73. The summed E-state index contributed by atoms with van der Waals surface area (Å²) in [5, 5.41) is 4.32. The van der Waals surface area contributed by atoms with Gasteiger partial charge in [0.1, 0.15) is 0 Å². The van der Waals surface area contributed by atoms with Gasteiger partial charge in [0.05, 0.1) is 34.2 Å². The van der Waals surface area contributed by atoms with Gasteiger partial charge in [0.2, 0.25) is 0 Å². The van der Waals surface area contributed by atoms with Crippen LogP contribution in [0, 0.1) is 6.92 Å². The molecule has 0 aromatic carbocycles. The van der Waals surface area contributed by atoms with Crippen LogP contribution in [0.2, 0.25) is 0 Å². The summed E-state index contributed by atoms with van der Waals surface area (Å²) in [5.41, 5.74) is -0.172. The Balaban J connectivity index is 2.09. The summed E-state index contributed by atoms with van der Waals surface area (Å²) in [6.07, 6.45) is -1.04. The summed E-state index contributed by atoms with van der Waals surface area (Å²) >= 11 is 0. The van der Waals surface area contributed by atoms with Gasteiger partial charge >= 0.3 is 7.12 Å². The first-order valence-electron chi connectivity index (χ1n) is 7.11. The number of imidazole rings is 1. The Morgan fingerprint density at radius 3 is 2.32 bits per heavy atom.